The van der Waals surface area contributed by atoms with Crippen molar-refractivity contribution in [3.63, 3.8) is 0 Å². The van der Waals surface area contributed by atoms with Crippen molar-refractivity contribution in [3.05, 3.63) is 70.5 Å². The van der Waals surface area contributed by atoms with E-state index in [9.17, 15) is 22.0 Å². The molecule has 2 aromatic carbocycles. The molecule has 0 unspecified atom stereocenters. The number of imidazole rings is 1. The van der Waals surface area contributed by atoms with Gasteiger partial charge in [-0.05, 0) is 30.3 Å². The standard InChI is InChI=1S/C18H11ClF2N4O3S/c1-25-9-14(23-17(25)16-12(20)3-2-4-13(16)21)18(26)24-29(27,28)15-7-10(8-22)5-6-11(15)19/h2-7,9H,1H3,(H,24,26). The number of nitriles is 1. The average Bonchev–Trinajstić information content (AvgIpc) is 3.03. The molecule has 1 N–H and O–H groups in total. The first-order valence-electron chi connectivity index (χ1n) is 7.88. The number of nitrogens with zero attached hydrogens (tertiary/aromatic N) is 3. The number of aromatic nitrogens is 2. The van der Waals surface area contributed by atoms with E-state index in [4.69, 9.17) is 16.9 Å². The summed E-state index contributed by atoms with van der Waals surface area (Å²) in [4.78, 5) is 15.8. The number of sulfonamides is 1. The topological polar surface area (TPSA) is 105 Å². The van der Waals surface area contributed by atoms with Gasteiger partial charge in [0.1, 0.15) is 28.0 Å². The van der Waals surface area contributed by atoms with E-state index in [-0.39, 0.29) is 22.1 Å². The Bertz CT molecular complexity index is 1260. The number of nitrogens with one attached hydrogen (secondary N) is 1. The van der Waals surface area contributed by atoms with Crippen molar-refractivity contribution >= 4 is 27.5 Å². The van der Waals surface area contributed by atoms with Gasteiger partial charge in [-0.2, -0.15) is 5.26 Å². The SMILES string of the molecule is Cn1cc(C(=O)NS(=O)(=O)c2cc(C#N)ccc2Cl)nc1-c1c(F)cccc1F. The van der Waals surface area contributed by atoms with Crippen LogP contribution in [-0.4, -0.2) is 23.9 Å². The Morgan fingerprint density at radius 1 is 1.24 bits per heavy atom. The molecule has 1 aromatic heterocycles. The highest BCUT2D eigenvalue weighted by atomic mass is 35.5. The van der Waals surface area contributed by atoms with Crippen LogP contribution in [-0.2, 0) is 17.1 Å². The van der Waals surface area contributed by atoms with Crippen LogP contribution < -0.4 is 4.72 Å². The summed E-state index contributed by atoms with van der Waals surface area (Å²) < 4.78 is 56.0. The molecule has 0 aliphatic heterocycles. The largest absolute Gasteiger partial charge is 0.333 e. The molecule has 3 rings (SSSR count). The summed E-state index contributed by atoms with van der Waals surface area (Å²) >= 11 is 5.87. The Morgan fingerprint density at radius 2 is 1.90 bits per heavy atom. The molecule has 0 saturated heterocycles. The minimum absolute atomic E-state index is 0.0253. The van der Waals surface area contributed by atoms with E-state index in [0.717, 1.165) is 24.4 Å². The van der Waals surface area contributed by atoms with Crippen molar-refractivity contribution in [3.8, 4) is 17.5 Å². The van der Waals surface area contributed by atoms with Crippen LogP contribution in [0.1, 0.15) is 16.1 Å². The van der Waals surface area contributed by atoms with Gasteiger partial charge in [0.25, 0.3) is 15.9 Å². The van der Waals surface area contributed by atoms with Gasteiger partial charge >= 0.3 is 0 Å². The monoisotopic (exact) mass is 436 g/mol. The summed E-state index contributed by atoms with van der Waals surface area (Å²) in [6.45, 7) is 0. The first kappa shape index (κ1) is 20.4. The van der Waals surface area contributed by atoms with E-state index in [1.54, 1.807) is 10.8 Å². The number of aryl methyl sites for hydroxylation is 1. The molecule has 0 saturated carbocycles. The summed E-state index contributed by atoms with van der Waals surface area (Å²) in [5.41, 5.74) is -0.819. The second-order valence-corrected chi connectivity index (χ2v) is 7.91. The first-order valence-corrected chi connectivity index (χ1v) is 9.74. The van der Waals surface area contributed by atoms with E-state index in [1.165, 1.54) is 29.8 Å². The van der Waals surface area contributed by atoms with E-state index < -0.39 is 38.0 Å². The van der Waals surface area contributed by atoms with Crippen LogP contribution in [0.2, 0.25) is 5.02 Å². The zero-order chi connectivity index (χ0) is 21.3. The Morgan fingerprint density at radius 3 is 2.52 bits per heavy atom. The minimum atomic E-state index is -4.44. The van der Waals surface area contributed by atoms with Gasteiger partial charge in [0.05, 0.1) is 22.2 Å². The highest BCUT2D eigenvalue weighted by Crippen LogP contribution is 2.26. The number of carbonyl (C=O) groups is 1. The smallest absolute Gasteiger partial charge is 0.285 e. The minimum Gasteiger partial charge on any atom is -0.333 e. The molecule has 0 atom stereocenters. The third kappa shape index (κ3) is 3.96. The van der Waals surface area contributed by atoms with Crippen molar-refractivity contribution in [2.24, 2.45) is 7.05 Å². The molecule has 0 fully saturated rings. The lowest BCUT2D eigenvalue weighted by Crippen LogP contribution is -2.31. The Labute approximate surface area is 169 Å². The van der Waals surface area contributed by atoms with Gasteiger partial charge in [0.15, 0.2) is 0 Å². The molecular weight excluding hydrogens is 426 g/mol. The van der Waals surface area contributed by atoms with Crippen molar-refractivity contribution < 1.29 is 22.0 Å². The maximum absolute atomic E-state index is 14.0. The molecular formula is C18H11ClF2N4O3S. The quantitative estimate of drug-likeness (QED) is 0.676. The zero-order valence-corrected chi connectivity index (χ0v) is 16.2. The normalized spacial score (nSPS) is 11.1. The van der Waals surface area contributed by atoms with Crippen molar-refractivity contribution in [1.82, 2.24) is 14.3 Å². The average molecular weight is 437 g/mol. The molecule has 1 heterocycles. The molecule has 0 radical (unpaired) electrons. The van der Waals surface area contributed by atoms with Crippen molar-refractivity contribution in [2.45, 2.75) is 4.90 Å². The van der Waals surface area contributed by atoms with E-state index in [1.807, 2.05) is 0 Å². The van der Waals surface area contributed by atoms with Gasteiger partial charge in [-0.1, -0.05) is 17.7 Å². The van der Waals surface area contributed by atoms with Crippen LogP contribution in [0.15, 0.2) is 47.5 Å². The van der Waals surface area contributed by atoms with Gasteiger partial charge in [0.2, 0.25) is 0 Å². The molecule has 0 aliphatic carbocycles. The molecule has 11 heteroatoms. The molecule has 1 amide bonds. The summed E-state index contributed by atoms with van der Waals surface area (Å²) in [6.07, 6.45) is 1.12. The highest BCUT2D eigenvalue weighted by Gasteiger charge is 2.25. The van der Waals surface area contributed by atoms with Crippen LogP contribution in [0.3, 0.4) is 0 Å². The maximum atomic E-state index is 14.0. The second kappa shape index (κ2) is 7.62. The number of amides is 1. The number of carbonyl (C=O) groups excluding carboxylic acids is 1. The lowest BCUT2D eigenvalue weighted by molar-refractivity contribution is 0.0977. The first-order chi connectivity index (χ1) is 13.6. The molecule has 0 aliphatic rings. The highest BCUT2D eigenvalue weighted by molar-refractivity contribution is 7.90. The molecule has 3 aromatic rings. The molecule has 148 valence electrons. The van der Waals surface area contributed by atoms with Gasteiger partial charge in [0, 0.05) is 13.2 Å². The maximum Gasteiger partial charge on any atom is 0.285 e. The predicted molar refractivity (Wildman–Crippen MR) is 99.4 cm³/mol. The van der Waals surface area contributed by atoms with Crippen molar-refractivity contribution in [2.75, 3.05) is 0 Å². The molecule has 29 heavy (non-hydrogen) atoms. The van der Waals surface area contributed by atoms with Gasteiger partial charge in [-0.15, -0.1) is 0 Å². The lowest BCUT2D eigenvalue weighted by atomic mass is 10.2. The van der Waals surface area contributed by atoms with Crippen LogP contribution in [0.25, 0.3) is 11.4 Å². The second-order valence-electron chi connectivity index (χ2n) is 5.85. The van der Waals surface area contributed by atoms with E-state index >= 15 is 0 Å². The fourth-order valence-corrected chi connectivity index (χ4v) is 4.02. The van der Waals surface area contributed by atoms with Crippen LogP contribution in [0.5, 0.6) is 0 Å². The fraction of sp³-hybridized carbons (Fsp3) is 0.0556. The third-order valence-electron chi connectivity index (χ3n) is 3.87. The van der Waals surface area contributed by atoms with Crippen LogP contribution in [0.4, 0.5) is 8.78 Å². The summed E-state index contributed by atoms with van der Waals surface area (Å²) in [5.74, 6) is -3.12. The van der Waals surface area contributed by atoms with Gasteiger partial charge in [-0.25, -0.2) is 26.9 Å². The molecule has 0 spiro atoms. The Kier molecular flexibility index (Phi) is 5.37. The molecule has 0 bridgehead atoms. The number of hydrogen-bond acceptors (Lipinski definition) is 5. The zero-order valence-electron chi connectivity index (χ0n) is 14.6. The number of benzene rings is 2. The summed E-state index contributed by atoms with van der Waals surface area (Å²) in [6, 6.07) is 8.54. The van der Waals surface area contributed by atoms with Crippen LogP contribution in [0, 0.1) is 23.0 Å². The van der Waals surface area contributed by atoms with Gasteiger partial charge < -0.3 is 4.57 Å². The van der Waals surface area contributed by atoms with Crippen LogP contribution >= 0.6 is 11.6 Å². The molecule has 7 nitrogen and oxygen atoms in total. The lowest BCUT2D eigenvalue weighted by Gasteiger charge is -2.07. The van der Waals surface area contributed by atoms with Crippen molar-refractivity contribution in [1.29, 1.82) is 5.26 Å². The number of hydrogen-bond donors (Lipinski definition) is 1. The number of halogens is 3. The fourth-order valence-electron chi connectivity index (χ4n) is 2.53. The predicted octanol–water partition coefficient (Wildman–Crippen LogP) is 3.01. The number of rotatable bonds is 4. The summed E-state index contributed by atoms with van der Waals surface area (Å²) in [7, 11) is -3.04. The Balaban J connectivity index is 1.96. The third-order valence-corrected chi connectivity index (χ3v) is 5.68. The van der Waals surface area contributed by atoms with Gasteiger partial charge in [-0.3, -0.25) is 4.79 Å². The Hall–Kier alpha value is -3.29. The van der Waals surface area contributed by atoms with E-state index in [2.05, 4.69) is 4.98 Å². The van der Waals surface area contributed by atoms with E-state index in [0.29, 0.717) is 0 Å². The summed E-state index contributed by atoms with van der Waals surface area (Å²) in [5, 5.41) is 8.72.